The summed E-state index contributed by atoms with van der Waals surface area (Å²) in [4.78, 5) is 15.4. The smallest absolute Gasteiger partial charge is 0.242 e. The largest absolute Gasteiger partial charge is 0.357 e. The van der Waals surface area contributed by atoms with E-state index in [4.69, 9.17) is 5.84 Å². The number of rotatable bonds is 4. The van der Waals surface area contributed by atoms with Crippen LogP contribution >= 0.6 is 0 Å². The number of likely N-dealkylation sites (N-methyl/N-ethyl adjacent to an activating group) is 1. The van der Waals surface area contributed by atoms with Crippen molar-refractivity contribution in [1.82, 2.24) is 16.1 Å². The molecule has 6 nitrogen and oxygen atoms in total. The Hall–Kier alpha value is -1.30. The molecule has 0 aromatic carbocycles. The molecule has 0 rings (SSSR count). The standard InChI is InChI=1S/C9H21N5O/c1-6(2)5-12-9(14-10)13-7(3)8(15)11-4/h6-7H,5,10H2,1-4H3,(H,11,15)(H2,12,13,14). The number of nitrogens with two attached hydrogens (primary N) is 1. The number of aliphatic imine (C=N–C) groups is 1. The molecule has 88 valence electrons. The molecular formula is C9H21N5O. The van der Waals surface area contributed by atoms with E-state index in [1.807, 2.05) is 0 Å². The number of nitrogens with one attached hydrogen (secondary N) is 3. The first-order valence-corrected chi connectivity index (χ1v) is 5.00. The lowest BCUT2D eigenvalue weighted by Gasteiger charge is -2.15. The van der Waals surface area contributed by atoms with Gasteiger partial charge >= 0.3 is 0 Å². The Labute approximate surface area is 90.7 Å². The van der Waals surface area contributed by atoms with E-state index < -0.39 is 0 Å². The molecule has 15 heavy (non-hydrogen) atoms. The molecule has 0 saturated heterocycles. The zero-order valence-corrected chi connectivity index (χ0v) is 9.79. The minimum absolute atomic E-state index is 0.109. The monoisotopic (exact) mass is 215 g/mol. The second-order valence-electron chi connectivity index (χ2n) is 3.71. The van der Waals surface area contributed by atoms with Gasteiger partial charge in [0.2, 0.25) is 11.9 Å². The van der Waals surface area contributed by atoms with Crippen molar-refractivity contribution in [3.8, 4) is 0 Å². The minimum Gasteiger partial charge on any atom is -0.357 e. The molecule has 0 spiro atoms. The fourth-order valence-corrected chi connectivity index (χ4v) is 0.894. The normalized spacial score (nSPS) is 13.6. The van der Waals surface area contributed by atoms with Gasteiger partial charge in [-0.2, -0.15) is 0 Å². The van der Waals surface area contributed by atoms with Gasteiger partial charge in [0, 0.05) is 13.6 Å². The third-order valence-electron chi connectivity index (χ3n) is 1.74. The zero-order valence-electron chi connectivity index (χ0n) is 9.79. The summed E-state index contributed by atoms with van der Waals surface area (Å²) in [5.74, 6) is 6.04. The van der Waals surface area contributed by atoms with Gasteiger partial charge in [0.15, 0.2) is 0 Å². The first kappa shape index (κ1) is 13.7. The third kappa shape index (κ3) is 5.90. The summed E-state index contributed by atoms with van der Waals surface area (Å²) >= 11 is 0. The highest BCUT2D eigenvalue weighted by Crippen LogP contribution is 1.91. The first-order chi connectivity index (χ1) is 7.01. The van der Waals surface area contributed by atoms with Crippen molar-refractivity contribution < 1.29 is 4.79 Å². The van der Waals surface area contributed by atoms with Gasteiger partial charge in [0.1, 0.15) is 6.04 Å². The van der Waals surface area contributed by atoms with Gasteiger partial charge in [0.05, 0.1) is 0 Å². The van der Waals surface area contributed by atoms with Crippen molar-refractivity contribution in [2.75, 3.05) is 13.6 Å². The van der Waals surface area contributed by atoms with E-state index in [-0.39, 0.29) is 11.9 Å². The van der Waals surface area contributed by atoms with E-state index in [1.54, 1.807) is 14.0 Å². The number of hydrazine groups is 1. The summed E-state index contributed by atoms with van der Waals surface area (Å²) in [6.07, 6.45) is 0. The number of guanidine groups is 1. The van der Waals surface area contributed by atoms with Crippen LogP contribution in [0.25, 0.3) is 0 Å². The summed E-state index contributed by atoms with van der Waals surface area (Å²) in [5, 5.41) is 5.41. The molecule has 0 aliphatic rings. The molecule has 0 heterocycles. The predicted molar refractivity (Wildman–Crippen MR) is 61.1 cm³/mol. The molecule has 1 amide bonds. The van der Waals surface area contributed by atoms with Crippen molar-refractivity contribution in [3.63, 3.8) is 0 Å². The molecule has 0 bridgehead atoms. The summed E-state index contributed by atoms with van der Waals surface area (Å²) in [6, 6.07) is -0.364. The van der Waals surface area contributed by atoms with Crippen molar-refractivity contribution in [3.05, 3.63) is 0 Å². The van der Waals surface area contributed by atoms with Gasteiger partial charge in [-0.05, 0) is 12.8 Å². The molecule has 1 unspecified atom stereocenters. The SMILES string of the molecule is CNC(=O)C(C)NC(=NCC(C)C)NN. The molecule has 6 heteroatoms. The van der Waals surface area contributed by atoms with Gasteiger partial charge in [0.25, 0.3) is 0 Å². The van der Waals surface area contributed by atoms with Crippen LogP contribution in [0.15, 0.2) is 4.99 Å². The maximum atomic E-state index is 11.2. The Bertz CT molecular complexity index is 227. The second kappa shape index (κ2) is 7.05. The number of nitrogens with zero attached hydrogens (tertiary/aromatic N) is 1. The van der Waals surface area contributed by atoms with Crippen LogP contribution in [-0.4, -0.2) is 31.5 Å². The van der Waals surface area contributed by atoms with Crippen LogP contribution in [0.1, 0.15) is 20.8 Å². The average molecular weight is 215 g/mol. The summed E-state index contributed by atoms with van der Waals surface area (Å²) < 4.78 is 0. The topological polar surface area (TPSA) is 91.5 Å². The Kier molecular flexibility index (Phi) is 6.44. The van der Waals surface area contributed by atoms with E-state index in [2.05, 4.69) is 34.9 Å². The average Bonchev–Trinajstić information content (AvgIpc) is 2.22. The van der Waals surface area contributed by atoms with Crippen molar-refractivity contribution in [2.24, 2.45) is 16.8 Å². The maximum Gasteiger partial charge on any atom is 0.242 e. The number of amides is 1. The summed E-state index contributed by atoms with van der Waals surface area (Å²) in [7, 11) is 1.58. The van der Waals surface area contributed by atoms with Crippen molar-refractivity contribution in [1.29, 1.82) is 0 Å². The van der Waals surface area contributed by atoms with E-state index in [9.17, 15) is 4.79 Å². The number of hydrogen-bond acceptors (Lipinski definition) is 3. The highest BCUT2D eigenvalue weighted by molar-refractivity contribution is 5.88. The highest BCUT2D eigenvalue weighted by atomic mass is 16.2. The van der Waals surface area contributed by atoms with Crippen LogP contribution in [0.2, 0.25) is 0 Å². The second-order valence-corrected chi connectivity index (χ2v) is 3.71. The Balaban J connectivity index is 4.20. The molecule has 0 fully saturated rings. The molecule has 0 aromatic heterocycles. The number of carbonyl (C=O) groups excluding carboxylic acids is 1. The fourth-order valence-electron chi connectivity index (χ4n) is 0.894. The predicted octanol–water partition coefficient (Wildman–Crippen LogP) is -0.814. The van der Waals surface area contributed by atoms with Crippen LogP contribution in [-0.2, 0) is 4.79 Å². The lowest BCUT2D eigenvalue weighted by atomic mass is 10.2. The molecule has 0 aliphatic carbocycles. The van der Waals surface area contributed by atoms with Gasteiger partial charge in [-0.3, -0.25) is 15.2 Å². The Morgan fingerprint density at radius 1 is 1.40 bits per heavy atom. The lowest BCUT2D eigenvalue weighted by Crippen LogP contribution is -2.50. The van der Waals surface area contributed by atoms with E-state index in [0.29, 0.717) is 18.4 Å². The number of hydrogen-bond donors (Lipinski definition) is 4. The third-order valence-corrected chi connectivity index (χ3v) is 1.74. The fraction of sp³-hybridized carbons (Fsp3) is 0.778. The molecule has 0 radical (unpaired) electrons. The van der Waals surface area contributed by atoms with Gasteiger partial charge in [-0.25, -0.2) is 5.84 Å². The summed E-state index contributed by atoms with van der Waals surface area (Å²) in [6.45, 7) is 6.51. The number of carbonyl (C=O) groups is 1. The quantitative estimate of drug-likeness (QED) is 0.213. The molecule has 0 aliphatic heterocycles. The van der Waals surface area contributed by atoms with Crippen LogP contribution < -0.4 is 21.9 Å². The lowest BCUT2D eigenvalue weighted by molar-refractivity contribution is -0.121. The van der Waals surface area contributed by atoms with Crippen LogP contribution in [0.5, 0.6) is 0 Å². The van der Waals surface area contributed by atoms with E-state index >= 15 is 0 Å². The molecule has 5 N–H and O–H groups in total. The van der Waals surface area contributed by atoms with E-state index in [0.717, 1.165) is 0 Å². The van der Waals surface area contributed by atoms with Gasteiger partial charge in [-0.1, -0.05) is 13.8 Å². The maximum absolute atomic E-state index is 11.2. The molecule has 0 aromatic rings. The molecular weight excluding hydrogens is 194 g/mol. The van der Waals surface area contributed by atoms with Crippen molar-refractivity contribution >= 4 is 11.9 Å². The van der Waals surface area contributed by atoms with E-state index in [1.165, 1.54) is 0 Å². The summed E-state index contributed by atoms with van der Waals surface area (Å²) in [5.41, 5.74) is 2.43. The van der Waals surface area contributed by atoms with Crippen LogP contribution in [0, 0.1) is 5.92 Å². The Morgan fingerprint density at radius 2 is 2.00 bits per heavy atom. The van der Waals surface area contributed by atoms with Crippen LogP contribution in [0.3, 0.4) is 0 Å². The highest BCUT2D eigenvalue weighted by Gasteiger charge is 2.11. The zero-order chi connectivity index (χ0) is 11.8. The van der Waals surface area contributed by atoms with Crippen molar-refractivity contribution in [2.45, 2.75) is 26.8 Å². The Morgan fingerprint density at radius 3 is 2.40 bits per heavy atom. The molecule has 0 saturated carbocycles. The minimum atomic E-state index is -0.364. The van der Waals surface area contributed by atoms with Crippen LogP contribution in [0.4, 0.5) is 0 Å². The van der Waals surface area contributed by atoms with Gasteiger partial charge < -0.3 is 10.6 Å². The molecule has 1 atom stereocenters. The van der Waals surface area contributed by atoms with Gasteiger partial charge in [-0.15, -0.1) is 0 Å². The first-order valence-electron chi connectivity index (χ1n) is 5.00.